The maximum absolute atomic E-state index is 11.8. The monoisotopic (exact) mass is 336 g/mol. The van der Waals surface area contributed by atoms with Gasteiger partial charge in [0.1, 0.15) is 6.54 Å². The number of nitrogens with two attached hydrogens (primary N) is 1. The second-order valence-corrected chi connectivity index (χ2v) is 4.96. The Morgan fingerprint density at radius 3 is 2.04 bits per heavy atom. The van der Waals surface area contributed by atoms with Crippen LogP contribution >= 0.6 is 0 Å². The zero-order valence-electron chi connectivity index (χ0n) is 13.0. The number of nitrogens with one attached hydrogen (secondary N) is 3. The topological polar surface area (TPSA) is 151 Å². The van der Waals surface area contributed by atoms with Crippen LogP contribution in [-0.4, -0.2) is 54.5 Å². The van der Waals surface area contributed by atoms with E-state index in [0.29, 0.717) is 6.42 Å². The molecule has 1 rings (SSSR count). The molecule has 130 valence electrons. The molecule has 0 saturated carbocycles. The lowest BCUT2D eigenvalue weighted by atomic mass is 10.1. The molecule has 1 atom stereocenters. The molecule has 0 bridgehead atoms. The van der Waals surface area contributed by atoms with Crippen LogP contribution in [0.1, 0.15) is 5.56 Å². The van der Waals surface area contributed by atoms with Crippen LogP contribution in [0.15, 0.2) is 30.3 Å². The van der Waals surface area contributed by atoms with Gasteiger partial charge in [0.25, 0.3) is 0 Å². The molecule has 3 amide bonds. The normalized spacial score (nSPS) is 11.2. The summed E-state index contributed by atoms with van der Waals surface area (Å²) in [4.78, 5) is 44.8. The summed E-state index contributed by atoms with van der Waals surface area (Å²) >= 11 is 0. The SMILES string of the molecule is N[C@@H](Cc1ccccc1)C(=O)NCC(=O)NCC(=O)NCC(=O)O. The van der Waals surface area contributed by atoms with E-state index < -0.39 is 36.3 Å². The number of hydrogen-bond donors (Lipinski definition) is 5. The first-order chi connectivity index (χ1) is 11.4. The van der Waals surface area contributed by atoms with Crippen LogP contribution in [0.3, 0.4) is 0 Å². The minimum atomic E-state index is -1.19. The molecule has 0 aliphatic carbocycles. The summed E-state index contributed by atoms with van der Waals surface area (Å²) in [7, 11) is 0. The smallest absolute Gasteiger partial charge is 0.322 e. The highest BCUT2D eigenvalue weighted by Gasteiger charge is 2.15. The summed E-state index contributed by atoms with van der Waals surface area (Å²) in [6.45, 7) is -1.23. The highest BCUT2D eigenvalue weighted by molar-refractivity contribution is 5.90. The van der Waals surface area contributed by atoms with E-state index in [1.807, 2.05) is 30.3 Å². The average Bonchev–Trinajstić information content (AvgIpc) is 2.56. The summed E-state index contributed by atoms with van der Waals surface area (Å²) in [5.74, 6) is -2.89. The van der Waals surface area contributed by atoms with E-state index in [2.05, 4.69) is 16.0 Å². The van der Waals surface area contributed by atoms with Crippen molar-refractivity contribution in [3.05, 3.63) is 35.9 Å². The van der Waals surface area contributed by atoms with E-state index >= 15 is 0 Å². The van der Waals surface area contributed by atoms with Crippen molar-refractivity contribution in [3.63, 3.8) is 0 Å². The molecule has 0 aromatic heterocycles. The molecule has 6 N–H and O–H groups in total. The van der Waals surface area contributed by atoms with Crippen molar-refractivity contribution in [1.82, 2.24) is 16.0 Å². The molecule has 0 spiro atoms. The number of carbonyl (C=O) groups is 4. The molecule has 0 aliphatic rings. The highest BCUT2D eigenvalue weighted by atomic mass is 16.4. The Morgan fingerprint density at radius 1 is 0.917 bits per heavy atom. The van der Waals surface area contributed by atoms with Crippen molar-refractivity contribution in [2.75, 3.05) is 19.6 Å². The Balaban J connectivity index is 2.24. The van der Waals surface area contributed by atoms with E-state index in [1.54, 1.807) is 0 Å². The van der Waals surface area contributed by atoms with E-state index in [0.717, 1.165) is 5.56 Å². The number of benzene rings is 1. The van der Waals surface area contributed by atoms with Crippen molar-refractivity contribution in [1.29, 1.82) is 0 Å². The fourth-order valence-electron chi connectivity index (χ4n) is 1.74. The quantitative estimate of drug-likeness (QED) is 0.351. The minimum Gasteiger partial charge on any atom is -0.480 e. The molecule has 9 nitrogen and oxygen atoms in total. The molecule has 0 unspecified atom stereocenters. The molecule has 1 aromatic carbocycles. The molecule has 9 heteroatoms. The molecular weight excluding hydrogens is 316 g/mol. The predicted molar refractivity (Wildman–Crippen MR) is 84.8 cm³/mol. The van der Waals surface area contributed by atoms with E-state index in [-0.39, 0.29) is 13.1 Å². The fraction of sp³-hybridized carbons (Fsp3) is 0.333. The number of carbonyl (C=O) groups excluding carboxylic acids is 3. The first-order valence-electron chi connectivity index (χ1n) is 7.21. The lowest BCUT2D eigenvalue weighted by Crippen LogP contribution is -2.47. The second kappa shape index (κ2) is 9.95. The van der Waals surface area contributed by atoms with E-state index in [4.69, 9.17) is 10.8 Å². The number of carboxylic acid groups (broad SMARTS) is 1. The predicted octanol–water partition coefficient (Wildman–Crippen LogP) is -2.01. The van der Waals surface area contributed by atoms with Crippen LogP contribution in [0.2, 0.25) is 0 Å². The Bertz CT molecular complexity index is 591. The van der Waals surface area contributed by atoms with Gasteiger partial charge in [-0.1, -0.05) is 30.3 Å². The lowest BCUT2D eigenvalue weighted by Gasteiger charge is -2.12. The third kappa shape index (κ3) is 7.90. The van der Waals surface area contributed by atoms with Gasteiger partial charge in [0.2, 0.25) is 17.7 Å². The van der Waals surface area contributed by atoms with Crippen LogP contribution in [0, 0.1) is 0 Å². The van der Waals surface area contributed by atoms with Crippen molar-refractivity contribution in [2.24, 2.45) is 5.73 Å². The van der Waals surface area contributed by atoms with E-state index in [1.165, 1.54) is 0 Å². The molecule has 0 saturated heterocycles. The Kier molecular flexibility index (Phi) is 7.92. The lowest BCUT2D eigenvalue weighted by molar-refractivity contribution is -0.137. The van der Waals surface area contributed by atoms with Gasteiger partial charge in [-0.15, -0.1) is 0 Å². The van der Waals surface area contributed by atoms with Gasteiger partial charge in [0.15, 0.2) is 0 Å². The molecule has 1 aromatic rings. The maximum Gasteiger partial charge on any atom is 0.322 e. The number of aliphatic carboxylic acids is 1. The van der Waals surface area contributed by atoms with Gasteiger partial charge in [-0.25, -0.2) is 0 Å². The van der Waals surface area contributed by atoms with Gasteiger partial charge >= 0.3 is 5.97 Å². The number of rotatable bonds is 9. The second-order valence-electron chi connectivity index (χ2n) is 4.96. The summed E-state index contributed by atoms with van der Waals surface area (Å²) in [6.07, 6.45) is 0.339. The van der Waals surface area contributed by atoms with Gasteiger partial charge in [-0.3, -0.25) is 19.2 Å². The maximum atomic E-state index is 11.8. The molecule has 0 aliphatic heterocycles. The van der Waals surface area contributed by atoms with Gasteiger partial charge in [0.05, 0.1) is 19.1 Å². The van der Waals surface area contributed by atoms with Crippen LogP contribution < -0.4 is 21.7 Å². The van der Waals surface area contributed by atoms with Crippen molar-refractivity contribution in [2.45, 2.75) is 12.5 Å². The first kappa shape index (κ1) is 19.1. The summed E-state index contributed by atoms with van der Waals surface area (Å²) in [6, 6.07) is 8.42. The third-order valence-corrected chi connectivity index (χ3v) is 2.94. The largest absolute Gasteiger partial charge is 0.480 e. The summed E-state index contributed by atoms with van der Waals surface area (Å²) in [5, 5.41) is 15.1. The average molecular weight is 336 g/mol. The molecule has 0 fully saturated rings. The number of carboxylic acids is 1. The zero-order valence-corrected chi connectivity index (χ0v) is 13.0. The molecule has 0 radical (unpaired) electrons. The van der Waals surface area contributed by atoms with Crippen LogP contribution in [0.4, 0.5) is 0 Å². The van der Waals surface area contributed by atoms with Crippen LogP contribution in [0.5, 0.6) is 0 Å². The van der Waals surface area contributed by atoms with Crippen molar-refractivity contribution >= 4 is 23.7 Å². The van der Waals surface area contributed by atoms with E-state index in [9.17, 15) is 19.2 Å². The fourth-order valence-corrected chi connectivity index (χ4v) is 1.74. The third-order valence-electron chi connectivity index (χ3n) is 2.94. The van der Waals surface area contributed by atoms with Gasteiger partial charge in [-0.2, -0.15) is 0 Å². The van der Waals surface area contributed by atoms with Crippen molar-refractivity contribution in [3.8, 4) is 0 Å². The first-order valence-corrected chi connectivity index (χ1v) is 7.21. The Hall–Kier alpha value is -2.94. The van der Waals surface area contributed by atoms with Gasteiger partial charge in [-0.05, 0) is 12.0 Å². The number of hydrogen-bond acceptors (Lipinski definition) is 5. The van der Waals surface area contributed by atoms with Crippen molar-refractivity contribution < 1.29 is 24.3 Å². The Morgan fingerprint density at radius 2 is 1.46 bits per heavy atom. The minimum absolute atomic E-state index is 0.326. The van der Waals surface area contributed by atoms with Gasteiger partial charge in [0, 0.05) is 0 Å². The van der Waals surface area contributed by atoms with Crippen LogP contribution in [-0.2, 0) is 25.6 Å². The summed E-state index contributed by atoms with van der Waals surface area (Å²) < 4.78 is 0. The zero-order chi connectivity index (χ0) is 17.9. The molecule has 0 heterocycles. The molecular formula is C15H20N4O5. The highest BCUT2D eigenvalue weighted by Crippen LogP contribution is 2.01. The Labute approximate surface area is 138 Å². The molecule has 24 heavy (non-hydrogen) atoms. The summed E-state index contributed by atoms with van der Waals surface area (Å²) in [5.41, 5.74) is 6.66. The van der Waals surface area contributed by atoms with Gasteiger partial charge < -0.3 is 26.8 Å². The number of amides is 3. The van der Waals surface area contributed by atoms with Crippen LogP contribution in [0.25, 0.3) is 0 Å². The standard InChI is InChI=1S/C15H20N4O5/c16-11(6-10-4-2-1-3-5-10)15(24)19-8-13(21)17-7-12(20)18-9-14(22)23/h1-5,11H,6-9,16H2,(H,17,21)(H,18,20)(H,19,24)(H,22,23)/t11-/m0/s1.